The fourth-order valence-corrected chi connectivity index (χ4v) is 4.14. The van der Waals surface area contributed by atoms with Gasteiger partial charge in [-0.05, 0) is 49.2 Å². The number of pyridine rings is 1. The van der Waals surface area contributed by atoms with Gasteiger partial charge in [-0.1, -0.05) is 18.2 Å². The second-order valence-electron chi connectivity index (χ2n) is 6.68. The lowest BCUT2D eigenvalue weighted by atomic mass is 10.1. The van der Waals surface area contributed by atoms with E-state index in [1.807, 2.05) is 36.7 Å². The van der Waals surface area contributed by atoms with Crippen LogP contribution in [-0.2, 0) is 6.54 Å². The highest BCUT2D eigenvalue weighted by Crippen LogP contribution is 2.29. The summed E-state index contributed by atoms with van der Waals surface area (Å²) in [5.74, 6) is -0.381. The van der Waals surface area contributed by atoms with Gasteiger partial charge in [-0.2, -0.15) is 5.10 Å². The molecule has 3 aromatic heterocycles. The number of carbonyl (C=O) groups is 1. The Balaban J connectivity index is 1.57. The Labute approximate surface area is 165 Å². The third kappa shape index (κ3) is 3.66. The number of nitrogens with zero attached hydrogens (tertiary/aromatic N) is 3. The van der Waals surface area contributed by atoms with E-state index in [9.17, 15) is 9.18 Å². The smallest absolute Gasteiger partial charge is 0.261 e. The molecule has 1 unspecified atom stereocenters. The van der Waals surface area contributed by atoms with Gasteiger partial charge in [-0.15, -0.1) is 11.3 Å². The fraction of sp³-hybridized carbons (Fsp3) is 0.190. The highest BCUT2D eigenvalue weighted by molar-refractivity contribution is 7.20. The van der Waals surface area contributed by atoms with Crippen molar-refractivity contribution >= 4 is 27.5 Å². The summed E-state index contributed by atoms with van der Waals surface area (Å²) in [6.07, 6.45) is 3.46. The van der Waals surface area contributed by atoms with Crippen molar-refractivity contribution in [1.82, 2.24) is 20.1 Å². The first-order chi connectivity index (χ1) is 13.5. The summed E-state index contributed by atoms with van der Waals surface area (Å²) in [5.41, 5.74) is 2.78. The number of nitrogens with one attached hydrogen (secondary N) is 1. The van der Waals surface area contributed by atoms with E-state index in [2.05, 4.69) is 15.4 Å². The average Bonchev–Trinajstić information content (AvgIpc) is 3.26. The largest absolute Gasteiger partial charge is 0.345 e. The molecule has 1 N–H and O–H groups in total. The number of aryl methyl sites for hydroxylation is 1. The molecule has 0 radical (unpaired) electrons. The molecular formula is C21H19FN4OS. The predicted molar refractivity (Wildman–Crippen MR) is 108 cm³/mol. The Bertz CT molecular complexity index is 1120. The van der Waals surface area contributed by atoms with E-state index in [1.165, 1.54) is 23.5 Å². The third-order valence-electron chi connectivity index (χ3n) is 4.61. The van der Waals surface area contributed by atoms with Crippen molar-refractivity contribution in [3.8, 4) is 0 Å². The highest BCUT2D eigenvalue weighted by Gasteiger charge is 2.18. The van der Waals surface area contributed by atoms with Gasteiger partial charge in [0.2, 0.25) is 0 Å². The number of thiophene rings is 1. The molecule has 0 aliphatic heterocycles. The zero-order valence-corrected chi connectivity index (χ0v) is 16.3. The maximum atomic E-state index is 13.1. The Morgan fingerprint density at radius 3 is 2.79 bits per heavy atom. The average molecular weight is 394 g/mol. The summed E-state index contributed by atoms with van der Waals surface area (Å²) in [4.78, 5) is 18.4. The normalized spacial score (nSPS) is 12.2. The maximum absolute atomic E-state index is 13.1. The third-order valence-corrected chi connectivity index (χ3v) is 5.76. The van der Waals surface area contributed by atoms with Crippen LogP contribution in [0.5, 0.6) is 0 Å². The summed E-state index contributed by atoms with van der Waals surface area (Å²) >= 11 is 1.41. The first kappa shape index (κ1) is 18.3. The molecule has 0 aliphatic rings. The van der Waals surface area contributed by atoms with Crippen LogP contribution in [0.25, 0.3) is 10.2 Å². The molecule has 4 aromatic rings. The van der Waals surface area contributed by atoms with Crippen molar-refractivity contribution in [1.29, 1.82) is 0 Å². The summed E-state index contributed by atoms with van der Waals surface area (Å²) in [5, 5.41) is 8.55. The van der Waals surface area contributed by atoms with Gasteiger partial charge in [0, 0.05) is 17.8 Å². The number of benzene rings is 1. The second-order valence-corrected chi connectivity index (χ2v) is 7.71. The van der Waals surface area contributed by atoms with Crippen molar-refractivity contribution in [2.75, 3.05) is 0 Å². The number of halogens is 1. The van der Waals surface area contributed by atoms with E-state index < -0.39 is 0 Å². The summed E-state index contributed by atoms with van der Waals surface area (Å²) < 4.78 is 15.0. The van der Waals surface area contributed by atoms with Gasteiger partial charge in [0.05, 0.1) is 23.2 Å². The molecule has 0 saturated carbocycles. The Morgan fingerprint density at radius 1 is 1.29 bits per heavy atom. The van der Waals surface area contributed by atoms with Crippen LogP contribution in [0.2, 0.25) is 0 Å². The van der Waals surface area contributed by atoms with E-state index in [0.29, 0.717) is 11.4 Å². The number of hydrogen-bond donors (Lipinski definition) is 1. The van der Waals surface area contributed by atoms with Gasteiger partial charge in [-0.3, -0.25) is 14.5 Å². The minimum Gasteiger partial charge on any atom is -0.345 e. The molecule has 5 nitrogen and oxygen atoms in total. The van der Waals surface area contributed by atoms with Crippen LogP contribution in [0.1, 0.15) is 39.5 Å². The Hall–Kier alpha value is -3.06. The number of amides is 1. The van der Waals surface area contributed by atoms with E-state index in [1.54, 1.807) is 24.5 Å². The van der Waals surface area contributed by atoms with Crippen molar-refractivity contribution in [3.05, 3.63) is 82.4 Å². The quantitative estimate of drug-likeness (QED) is 0.543. The molecule has 0 saturated heterocycles. The number of aromatic nitrogens is 3. The molecule has 142 valence electrons. The second kappa shape index (κ2) is 7.52. The molecule has 1 amide bonds. The number of carbonyl (C=O) groups excluding carboxylic acids is 1. The Kier molecular flexibility index (Phi) is 4.92. The Morgan fingerprint density at radius 2 is 2.07 bits per heavy atom. The van der Waals surface area contributed by atoms with Gasteiger partial charge in [0.1, 0.15) is 10.6 Å². The first-order valence-corrected chi connectivity index (χ1v) is 9.75. The van der Waals surface area contributed by atoms with Crippen LogP contribution < -0.4 is 5.32 Å². The van der Waals surface area contributed by atoms with Gasteiger partial charge < -0.3 is 5.32 Å². The molecular weight excluding hydrogens is 375 g/mol. The fourth-order valence-electron chi connectivity index (χ4n) is 3.08. The summed E-state index contributed by atoms with van der Waals surface area (Å²) in [7, 11) is 0. The molecule has 1 aromatic carbocycles. The molecule has 1 atom stereocenters. The van der Waals surface area contributed by atoms with Crippen molar-refractivity contribution in [2.24, 2.45) is 0 Å². The summed E-state index contributed by atoms with van der Waals surface area (Å²) in [6, 6.07) is 11.9. The topological polar surface area (TPSA) is 59.8 Å². The zero-order valence-electron chi connectivity index (χ0n) is 15.5. The summed E-state index contributed by atoms with van der Waals surface area (Å²) in [6.45, 7) is 4.39. The van der Waals surface area contributed by atoms with Gasteiger partial charge in [-0.25, -0.2) is 4.39 Å². The lowest BCUT2D eigenvalue weighted by Gasteiger charge is -2.12. The zero-order chi connectivity index (χ0) is 19.7. The van der Waals surface area contributed by atoms with Gasteiger partial charge >= 0.3 is 0 Å². The molecule has 3 heterocycles. The molecule has 0 spiro atoms. The van der Waals surface area contributed by atoms with Crippen LogP contribution in [-0.4, -0.2) is 20.7 Å². The lowest BCUT2D eigenvalue weighted by molar-refractivity contribution is 0.0944. The number of fused-ring (bicyclic) bond motifs is 1. The predicted octanol–water partition coefficient (Wildman–Crippen LogP) is 4.48. The van der Waals surface area contributed by atoms with Crippen molar-refractivity contribution < 1.29 is 9.18 Å². The van der Waals surface area contributed by atoms with E-state index >= 15 is 0 Å². The van der Waals surface area contributed by atoms with Crippen LogP contribution in [0, 0.1) is 12.7 Å². The van der Waals surface area contributed by atoms with Crippen LogP contribution >= 0.6 is 11.3 Å². The van der Waals surface area contributed by atoms with E-state index in [0.717, 1.165) is 27.0 Å². The monoisotopic (exact) mass is 394 g/mol. The van der Waals surface area contributed by atoms with Crippen LogP contribution in [0.4, 0.5) is 4.39 Å². The minimum absolute atomic E-state index is 0.120. The number of rotatable bonds is 5. The SMILES string of the molecule is Cc1nn(Cc2ccc(F)cc2)c2sc(C(=O)NC(C)c3cccnc3)cc12. The molecule has 28 heavy (non-hydrogen) atoms. The molecule has 4 rings (SSSR count). The minimum atomic E-state index is -0.261. The van der Waals surface area contributed by atoms with Crippen LogP contribution in [0.15, 0.2) is 54.9 Å². The molecule has 0 bridgehead atoms. The van der Waals surface area contributed by atoms with E-state index in [-0.39, 0.29) is 17.8 Å². The molecule has 7 heteroatoms. The lowest BCUT2D eigenvalue weighted by Crippen LogP contribution is -2.25. The van der Waals surface area contributed by atoms with Gasteiger partial charge in [0.25, 0.3) is 5.91 Å². The van der Waals surface area contributed by atoms with Crippen LogP contribution in [0.3, 0.4) is 0 Å². The van der Waals surface area contributed by atoms with Gasteiger partial charge in [0.15, 0.2) is 0 Å². The number of hydrogen-bond acceptors (Lipinski definition) is 4. The first-order valence-electron chi connectivity index (χ1n) is 8.93. The van der Waals surface area contributed by atoms with E-state index in [4.69, 9.17) is 0 Å². The maximum Gasteiger partial charge on any atom is 0.261 e. The van der Waals surface area contributed by atoms with Crippen molar-refractivity contribution in [3.63, 3.8) is 0 Å². The standard InChI is InChI=1S/C21H19FN4OS/c1-13(16-4-3-9-23-11-16)24-20(27)19-10-18-14(2)25-26(21(18)28-19)12-15-5-7-17(22)8-6-15/h3-11,13H,12H2,1-2H3,(H,24,27). The molecule has 0 fully saturated rings. The molecule has 0 aliphatic carbocycles. The van der Waals surface area contributed by atoms with Crippen molar-refractivity contribution in [2.45, 2.75) is 26.4 Å². The highest BCUT2D eigenvalue weighted by atomic mass is 32.1.